The molecule has 1 atom stereocenters. The third kappa shape index (κ3) is 0.608. The highest BCUT2D eigenvalue weighted by Gasteiger charge is 2.40. The van der Waals surface area contributed by atoms with Crippen LogP contribution in [0.2, 0.25) is 0 Å². The number of hydrogen-bond donors (Lipinski definition) is 1. The van der Waals surface area contributed by atoms with Gasteiger partial charge in [-0.15, -0.1) is 0 Å². The van der Waals surface area contributed by atoms with Gasteiger partial charge in [0.1, 0.15) is 11.4 Å². The summed E-state index contributed by atoms with van der Waals surface area (Å²) in [4.78, 5) is 10.3. The van der Waals surface area contributed by atoms with E-state index in [9.17, 15) is 4.79 Å². The molecule has 1 aliphatic heterocycles. The molecule has 0 bridgehead atoms. The highest BCUT2D eigenvalue weighted by atomic mass is 32.1. The van der Waals surface area contributed by atoms with Crippen LogP contribution in [0.3, 0.4) is 0 Å². The predicted octanol–water partition coefficient (Wildman–Crippen LogP) is 0.232. The minimum absolute atomic E-state index is 0.212. The van der Waals surface area contributed by atoms with Crippen molar-refractivity contribution in [2.45, 2.75) is 11.7 Å². The van der Waals surface area contributed by atoms with Gasteiger partial charge in [0, 0.05) is 0 Å². The van der Waals surface area contributed by atoms with Crippen molar-refractivity contribution in [1.29, 1.82) is 0 Å². The number of rotatable bonds is 0. The average molecular weight is 118 g/mol. The Morgan fingerprint density at radius 3 is 2.43 bits per heavy atom. The molecule has 0 aliphatic carbocycles. The van der Waals surface area contributed by atoms with Gasteiger partial charge in [0.05, 0.1) is 0 Å². The molecule has 1 rings (SSSR count). The Labute approximate surface area is 47.3 Å². The van der Waals surface area contributed by atoms with E-state index in [1.54, 1.807) is 6.92 Å². The van der Waals surface area contributed by atoms with E-state index in [2.05, 4.69) is 17.4 Å². The number of carbonyl (C=O) groups excluding carboxylic acids is 1. The first-order chi connectivity index (χ1) is 3.13. The molecule has 1 fully saturated rings. The Kier molecular flexibility index (Phi) is 0.819. The summed E-state index contributed by atoms with van der Waals surface area (Å²) < 4.78 is 3.94. The minimum atomic E-state index is -0.486. The van der Waals surface area contributed by atoms with Crippen LogP contribution in [-0.4, -0.2) is 17.3 Å². The number of cyclic esters (lactones) is 1. The maximum atomic E-state index is 10.3. The van der Waals surface area contributed by atoms with Gasteiger partial charge in [-0.25, -0.2) is 0 Å². The Bertz CT molecular complexity index is 108. The molecule has 0 aromatic carbocycles. The van der Waals surface area contributed by atoms with E-state index >= 15 is 0 Å². The van der Waals surface area contributed by atoms with E-state index < -0.39 is 4.75 Å². The standard InChI is InChI=1S/C4H6O2S/c1-4(7)2-6-3(4)5/h7H,2H2,1H3. The fraction of sp³-hybridized carbons (Fsp3) is 0.750. The lowest BCUT2D eigenvalue weighted by Gasteiger charge is -2.30. The first-order valence-corrected chi connectivity index (χ1v) is 2.47. The van der Waals surface area contributed by atoms with Gasteiger partial charge in [-0.05, 0) is 6.92 Å². The van der Waals surface area contributed by atoms with Gasteiger partial charge < -0.3 is 4.74 Å². The van der Waals surface area contributed by atoms with Gasteiger partial charge in [-0.2, -0.15) is 12.6 Å². The summed E-state index contributed by atoms with van der Waals surface area (Å²) in [5.74, 6) is -0.212. The fourth-order valence-corrected chi connectivity index (χ4v) is 0.469. The molecule has 1 unspecified atom stereocenters. The zero-order valence-electron chi connectivity index (χ0n) is 3.97. The van der Waals surface area contributed by atoms with E-state index in [1.807, 2.05) is 0 Å². The molecule has 1 saturated heterocycles. The second-order valence-corrected chi connectivity index (χ2v) is 2.84. The van der Waals surface area contributed by atoms with Gasteiger partial charge in [0.15, 0.2) is 0 Å². The van der Waals surface area contributed by atoms with Crippen LogP contribution in [0.5, 0.6) is 0 Å². The minimum Gasteiger partial charge on any atom is -0.462 e. The van der Waals surface area contributed by atoms with Crippen LogP contribution in [-0.2, 0) is 9.53 Å². The van der Waals surface area contributed by atoms with Gasteiger partial charge in [0.25, 0.3) is 0 Å². The molecule has 0 N–H and O–H groups in total. The molecular weight excluding hydrogens is 112 g/mol. The molecule has 3 heteroatoms. The topological polar surface area (TPSA) is 26.3 Å². The molecule has 0 aromatic heterocycles. The third-order valence-electron chi connectivity index (χ3n) is 0.924. The van der Waals surface area contributed by atoms with Crippen molar-refractivity contribution >= 4 is 18.6 Å². The quantitative estimate of drug-likeness (QED) is 0.364. The van der Waals surface area contributed by atoms with Gasteiger partial charge in [0.2, 0.25) is 0 Å². The Hall–Kier alpha value is -0.180. The second-order valence-electron chi connectivity index (χ2n) is 1.85. The molecule has 7 heavy (non-hydrogen) atoms. The van der Waals surface area contributed by atoms with Crippen LogP contribution < -0.4 is 0 Å². The van der Waals surface area contributed by atoms with Crippen molar-refractivity contribution in [2.75, 3.05) is 6.61 Å². The Balaban J connectivity index is 2.59. The van der Waals surface area contributed by atoms with E-state index in [0.29, 0.717) is 6.61 Å². The molecule has 0 amide bonds. The van der Waals surface area contributed by atoms with Gasteiger partial charge in [-0.3, -0.25) is 4.79 Å². The van der Waals surface area contributed by atoms with Gasteiger partial charge in [-0.1, -0.05) is 0 Å². The maximum absolute atomic E-state index is 10.3. The number of carbonyl (C=O) groups is 1. The zero-order valence-corrected chi connectivity index (χ0v) is 4.87. The molecule has 40 valence electrons. The number of esters is 1. The number of ether oxygens (including phenoxy) is 1. The average Bonchev–Trinajstić information content (AvgIpc) is 1.63. The molecule has 0 radical (unpaired) electrons. The van der Waals surface area contributed by atoms with Crippen LogP contribution >= 0.6 is 12.6 Å². The smallest absolute Gasteiger partial charge is 0.325 e. The highest BCUT2D eigenvalue weighted by molar-refractivity contribution is 7.82. The monoisotopic (exact) mass is 118 g/mol. The van der Waals surface area contributed by atoms with Crippen molar-refractivity contribution in [3.05, 3.63) is 0 Å². The van der Waals surface area contributed by atoms with Crippen LogP contribution in [0.25, 0.3) is 0 Å². The maximum Gasteiger partial charge on any atom is 0.325 e. The van der Waals surface area contributed by atoms with Crippen molar-refractivity contribution in [3.8, 4) is 0 Å². The summed E-state index contributed by atoms with van der Waals surface area (Å²) in [5.41, 5.74) is 0. The van der Waals surface area contributed by atoms with Gasteiger partial charge >= 0.3 is 5.97 Å². The fourth-order valence-electron chi connectivity index (χ4n) is 0.340. The molecule has 2 nitrogen and oxygen atoms in total. The van der Waals surface area contributed by atoms with Crippen LogP contribution in [0.15, 0.2) is 0 Å². The Morgan fingerprint density at radius 2 is 2.43 bits per heavy atom. The largest absolute Gasteiger partial charge is 0.462 e. The van der Waals surface area contributed by atoms with Crippen molar-refractivity contribution in [2.24, 2.45) is 0 Å². The number of thiol groups is 1. The zero-order chi connectivity index (χ0) is 5.49. The van der Waals surface area contributed by atoms with E-state index in [4.69, 9.17) is 0 Å². The number of hydrogen-bond acceptors (Lipinski definition) is 3. The van der Waals surface area contributed by atoms with Crippen molar-refractivity contribution in [1.82, 2.24) is 0 Å². The highest BCUT2D eigenvalue weighted by Crippen LogP contribution is 2.24. The first kappa shape index (κ1) is 4.97. The summed E-state index contributed by atoms with van der Waals surface area (Å²) in [6.07, 6.45) is 0. The lowest BCUT2D eigenvalue weighted by atomic mass is 10.1. The van der Waals surface area contributed by atoms with E-state index in [-0.39, 0.29) is 5.97 Å². The lowest BCUT2D eigenvalue weighted by molar-refractivity contribution is -0.162. The normalized spacial score (nSPS) is 39.4. The molecule has 0 saturated carbocycles. The molecule has 0 aromatic rings. The summed E-state index contributed by atoms with van der Waals surface area (Å²) in [7, 11) is 0. The molecule has 1 heterocycles. The second kappa shape index (κ2) is 1.15. The molecular formula is C4H6O2S. The summed E-state index contributed by atoms with van der Waals surface area (Å²) >= 11 is 3.96. The van der Waals surface area contributed by atoms with Crippen molar-refractivity contribution < 1.29 is 9.53 Å². The molecule has 1 aliphatic rings. The van der Waals surface area contributed by atoms with Crippen LogP contribution in [0.1, 0.15) is 6.92 Å². The summed E-state index contributed by atoms with van der Waals surface area (Å²) in [5, 5.41) is 0. The van der Waals surface area contributed by atoms with Crippen LogP contribution in [0.4, 0.5) is 0 Å². The van der Waals surface area contributed by atoms with E-state index in [1.165, 1.54) is 0 Å². The Morgan fingerprint density at radius 1 is 2.00 bits per heavy atom. The van der Waals surface area contributed by atoms with Crippen LogP contribution in [0, 0.1) is 0 Å². The van der Waals surface area contributed by atoms with Crippen molar-refractivity contribution in [3.63, 3.8) is 0 Å². The van der Waals surface area contributed by atoms with E-state index in [0.717, 1.165) is 0 Å². The summed E-state index contributed by atoms with van der Waals surface area (Å²) in [6, 6.07) is 0. The predicted molar refractivity (Wildman–Crippen MR) is 28.3 cm³/mol. The lowest BCUT2D eigenvalue weighted by Crippen LogP contribution is -2.47. The summed E-state index contributed by atoms with van der Waals surface area (Å²) in [6.45, 7) is 2.19. The molecule has 0 spiro atoms. The third-order valence-corrected chi connectivity index (χ3v) is 1.24. The first-order valence-electron chi connectivity index (χ1n) is 2.02. The SMILES string of the molecule is CC1(S)COC1=O.